The molecule has 0 spiro atoms. The van der Waals surface area contributed by atoms with Crippen molar-refractivity contribution in [2.75, 3.05) is 7.11 Å². The monoisotopic (exact) mass is 403 g/mol. The highest BCUT2D eigenvalue weighted by Crippen LogP contribution is 2.27. The normalized spacial score (nSPS) is 11.2. The average molecular weight is 404 g/mol. The predicted octanol–water partition coefficient (Wildman–Crippen LogP) is 3.25. The van der Waals surface area contributed by atoms with E-state index >= 15 is 0 Å². The summed E-state index contributed by atoms with van der Waals surface area (Å²) in [6.07, 6.45) is 0. The lowest BCUT2D eigenvalue weighted by Gasteiger charge is -2.10. The third kappa shape index (κ3) is 2.72. The quantitative estimate of drug-likeness (QED) is 0.500. The third-order valence-corrected chi connectivity index (χ3v) is 4.68. The molecule has 0 bridgehead atoms. The molecule has 0 fully saturated rings. The number of nitrogens with one attached hydrogen (secondary N) is 1. The number of pyridine rings is 1. The van der Waals surface area contributed by atoms with Crippen LogP contribution >= 0.6 is 23.2 Å². The van der Waals surface area contributed by atoms with Crippen LogP contribution in [0.15, 0.2) is 46.0 Å². The highest BCUT2D eigenvalue weighted by atomic mass is 35.5. The minimum atomic E-state index is -0.692. The molecule has 2 aromatic heterocycles. The first-order chi connectivity index (χ1) is 12.9. The van der Waals surface area contributed by atoms with Crippen molar-refractivity contribution in [1.82, 2.24) is 14.8 Å². The first-order valence-corrected chi connectivity index (χ1v) is 8.48. The van der Waals surface area contributed by atoms with Crippen molar-refractivity contribution in [1.29, 1.82) is 0 Å². The molecule has 2 heterocycles. The van der Waals surface area contributed by atoms with E-state index in [1.807, 2.05) is 0 Å². The van der Waals surface area contributed by atoms with E-state index < -0.39 is 16.9 Å². The van der Waals surface area contributed by atoms with Gasteiger partial charge in [0.15, 0.2) is 0 Å². The van der Waals surface area contributed by atoms with Gasteiger partial charge >= 0.3 is 0 Å². The summed E-state index contributed by atoms with van der Waals surface area (Å²) in [6.45, 7) is 0. The highest BCUT2D eigenvalue weighted by molar-refractivity contribution is 6.38. The van der Waals surface area contributed by atoms with E-state index in [9.17, 15) is 14.7 Å². The lowest BCUT2D eigenvalue weighted by Crippen LogP contribution is -2.26. The molecular weight excluding hydrogens is 393 g/mol. The Morgan fingerprint density at radius 3 is 2.48 bits per heavy atom. The van der Waals surface area contributed by atoms with Crippen molar-refractivity contribution in [2.45, 2.75) is 0 Å². The zero-order valence-corrected chi connectivity index (χ0v) is 15.3. The number of aromatic hydroxyl groups is 1. The Kier molecular flexibility index (Phi) is 4.05. The summed E-state index contributed by atoms with van der Waals surface area (Å²) >= 11 is 12.1. The minimum Gasteiger partial charge on any atom is -0.497 e. The fourth-order valence-corrected chi connectivity index (χ4v) is 3.48. The molecule has 27 heavy (non-hydrogen) atoms. The van der Waals surface area contributed by atoms with Gasteiger partial charge in [0.05, 0.1) is 28.7 Å². The first-order valence-electron chi connectivity index (χ1n) is 7.72. The topological polar surface area (TPSA) is 97.2 Å². The summed E-state index contributed by atoms with van der Waals surface area (Å²) in [7, 11) is 1.52. The van der Waals surface area contributed by atoms with Gasteiger partial charge in [-0.05, 0) is 36.4 Å². The second kappa shape index (κ2) is 6.29. The van der Waals surface area contributed by atoms with Gasteiger partial charge in [-0.25, -0.2) is 0 Å². The largest absolute Gasteiger partial charge is 0.497 e. The predicted molar refractivity (Wildman–Crippen MR) is 104 cm³/mol. The molecule has 2 aromatic carbocycles. The van der Waals surface area contributed by atoms with Crippen molar-refractivity contribution in [2.24, 2.45) is 0 Å². The minimum absolute atomic E-state index is 0.0828. The molecule has 0 saturated heterocycles. The maximum absolute atomic E-state index is 13.0. The number of nitrogens with zero attached hydrogens (tertiary/aromatic N) is 2. The maximum atomic E-state index is 13.0. The molecule has 0 saturated carbocycles. The molecule has 0 aliphatic heterocycles. The molecule has 0 radical (unpaired) electrons. The number of benzene rings is 2. The Labute approximate surface area is 161 Å². The molecule has 0 unspecified atom stereocenters. The third-order valence-electron chi connectivity index (χ3n) is 4.16. The lowest BCUT2D eigenvalue weighted by atomic mass is 10.1. The summed E-state index contributed by atoms with van der Waals surface area (Å²) in [5, 5.41) is 14.5. The summed E-state index contributed by atoms with van der Waals surface area (Å²) in [5.74, 6) is 0.0832. The van der Waals surface area contributed by atoms with Gasteiger partial charge in [0.1, 0.15) is 16.7 Å². The van der Waals surface area contributed by atoms with Crippen LogP contribution in [0.1, 0.15) is 0 Å². The number of fused-ring (bicyclic) bond motifs is 2. The van der Waals surface area contributed by atoms with Crippen LogP contribution in [0.2, 0.25) is 10.0 Å². The molecule has 0 aliphatic carbocycles. The van der Waals surface area contributed by atoms with Crippen LogP contribution in [-0.4, -0.2) is 27.0 Å². The molecule has 0 aliphatic rings. The number of hydrogen-bond donors (Lipinski definition) is 2. The van der Waals surface area contributed by atoms with Gasteiger partial charge in [0.2, 0.25) is 5.43 Å². The first kappa shape index (κ1) is 17.4. The van der Waals surface area contributed by atoms with Gasteiger partial charge < -0.3 is 14.8 Å². The fourth-order valence-electron chi connectivity index (χ4n) is 2.90. The number of aromatic amines is 1. The Bertz CT molecular complexity index is 1330. The van der Waals surface area contributed by atoms with Gasteiger partial charge in [0, 0.05) is 5.02 Å². The number of H-pyrrole nitrogens is 1. The van der Waals surface area contributed by atoms with Gasteiger partial charge in [0.25, 0.3) is 11.4 Å². The number of methoxy groups -OCH3 is 1. The zero-order valence-electron chi connectivity index (χ0n) is 13.8. The number of hydrogen-bond acceptors (Lipinski definition) is 5. The summed E-state index contributed by atoms with van der Waals surface area (Å²) in [6, 6.07) is 9.33. The Morgan fingerprint density at radius 2 is 1.81 bits per heavy atom. The van der Waals surface area contributed by atoms with Crippen molar-refractivity contribution in [3.63, 3.8) is 0 Å². The van der Waals surface area contributed by atoms with Crippen LogP contribution in [0, 0.1) is 0 Å². The van der Waals surface area contributed by atoms with E-state index in [1.165, 1.54) is 19.2 Å². The average Bonchev–Trinajstić information content (AvgIpc) is 2.64. The molecule has 0 amide bonds. The number of rotatable bonds is 2. The Balaban J connectivity index is 2.12. The molecule has 4 aromatic rings. The van der Waals surface area contributed by atoms with E-state index in [1.54, 1.807) is 24.3 Å². The molecule has 136 valence electrons. The van der Waals surface area contributed by atoms with Crippen LogP contribution < -0.4 is 15.7 Å². The van der Waals surface area contributed by atoms with Crippen LogP contribution in [0.25, 0.3) is 27.5 Å². The van der Waals surface area contributed by atoms with Gasteiger partial charge in [-0.1, -0.05) is 23.2 Å². The van der Waals surface area contributed by atoms with E-state index in [-0.39, 0.29) is 21.3 Å². The van der Waals surface area contributed by atoms with Gasteiger partial charge in [-0.3, -0.25) is 9.59 Å². The van der Waals surface area contributed by atoms with Crippen LogP contribution in [0.3, 0.4) is 0 Å². The molecule has 9 heteroatoms. The number of aromatic nitrogens is 3. The Hall–Kier alpha value is -3.03. The summed E-state index contributed by atoms with van der Waals surface area (Å²) in [5.41, 5.74) is -0.739. The maximum Gasteiger partial charge on any atom is 0.285 e. The molecule has 2 N–H and O–H groups in total. The molecular formula is C18H11Cl2N3O4. The van der Waals surface area contributed by atoms with Crippen LogP contribution in [0.4, 0.5) is 0 Å². The van der Waals surface area contributed by atoms with E-state index in [0.717, 1.165) is 4.68 Å². The van der Waals surface area contributed by atoms with E-state index in [2.05, 4.69) is 10.1 Å². The van der Waals surface area contributed by atoms with Gasteiger partial charge in [-0.15, -0.1) is 5.10 Å². The van der Waals surface area contributed by atoms with Crippen molar-refractivity contribution >= 4 is 45.0 Å². The number of halogens is 2. The second-order valence-electron chi connectivity index (χ2n) is 5.75. The van der Waals surface area contributed by atoms with Gasteiger partial charge in [-0.2, -0.15) is 4.68 Å². The standard InChI is InChI=1S/C18H11Cl2N3O4/c1-27-10-4-2-9(3-5-10)23-18(26)14-15(17(25)22-23)21-12-7-8(19)6-11(20)13(12)16(14)24/h2-7H,1H3,(H,21,24)(H,22,25). The number of ether oxygens (including phenoxy) is 1. The van der Waals surface area contributed by atoms with Crippen molar-refractivity contribution < 1.29 is 9.84 Å². The van der Waals surface area contributed by atoms with Crippen molar-refractivity contribution in [3.05, 3.63) is 67.0 Å². The van der Waals surface area contributed by atoms with Crippen LogP contribution in [0.5, 0.6) is 11.6 Å². The highest BCUT2D eigenvalue weighted by Gasteiger charge is 2.18. The smallest absolute Gasteiger partial charge is 0.285 e. The van der Waals surface area contributed by atoms with E-state index in [4.69, 9.17) is 27.9 Å². The Morgan fingerprint density at radius 1 is 1.11 bits per heavy atom. The van der Waals surface area contributed by atoms with E-state index in [0.29, 0.717) is 22.0 Å². The summed E-state index contributed by atoms with van der Waals surface area (Å²) in [4.78, 5) is 28.7. The molecule has 0 atom stereocenters. The SMILES string of the molecule is COc1ccc(-n2nc(O)c3[nH]c4cc(Cl)cc(Cl)c4c(=O)c3c2=O)cc1. The molecule has 7 nitrogen and oxygen atoms in total. The summed E-state index contributed by atoms with van der Waals surface area (Å²) < 4.78 is 6.03. The van der Waals surface area contributed by atoms with Crippen molar-refractivity contribution in [3.8, 4) is 17.3 Å². The molecule has 4 rings (SSSR count). The lowest BCUT2D eigenvalue weighted by molar-refractivity contribution is 0.414. The second-order valence-corrected chi connectivity index (χ2v) is 6.60. The zero-order chi connectivity index (χ0) is 19.3. The van der Waals surface area contributed by atoms with Crippen LogP contribution in [-0.2, 0) is 0 Å². The fraction of sp³-hybridized carbons (Fsp3) is 0.0556.